The highest BCUT2D eigenvalue weighted by atomic mass is 35.5. The van der Waals surface area contributed by atoms with E-state index in [0.29, 0.717) is 0 Å². The third kappa shape index (κ3) is 3.79. The normalized spacial score (nSPS) is 17.5. The van der Waals surface area contributed by atoms with Gasteiger partial charge in [-0.1, -0.05) is 11.6 Å². The Morgan fingerprint density at radius 1 is 1.21 bits per heavy atom. The lowest BCUT2D eigenvalue weighted by Gasteiger charge is -2.17. The molecule has 1 fully saturated rings. The van der Waals surface area contributed by atoms with Crippen LogP contribution < -0.4 is 5.32 Å². The quantitative estimate of drug-likeness (QED) is 0.522. The SMILES string of the molecule is C[C@@H]1N=C(c2nc(O)ccc2F)c2c(ccc(C(F)(F)F)c2Cl)-n2cc(C(=O)NC3CC3)nc21. The van der Waals surface area contributed by atoms with Gasteiger partial charge < -0.3 is 15.0 Å². The van der Waals surface area contributed by atoms with E-state index in [1.807, 2.05) is 0 Å². The maximum Gasteiger partial charge on any atom is 0.417 e. The lowest BCUT2D eigenvalue weighted by molar-refractivity contribution is -0.137. The first-order valence-corrected chi connectivity index (χ1v) is 10.7. The van der Waals surface area contributed by atoms with Crippen molar-refractivity contribution in [3.63, 3.8) is 0 Å². The van der Waals surface area contributed by atoms with Gasteiger partial charge in [-0.15, -0.1) is 0 Å². The Kier molecular flexibility index (Phi) is 5.12. The molecule has 3 aromatic rings. The molecule has 2 aliphatic rings. The predicted molar refractivity (Wildman–Crippen MR) is 114 cm³/mol. The highest BCUT2D eigenvalue weighted by Gasteiger charge is 2.38. The first-order chi connectivity index (χ1) is 16.0. The number of pyridine rings is 1. The molecule has 1 saturated carbocycles. The van der Waals surface area contributed by atoms with Crippen LogP contribution in [0.3, 0.4) is 0 Å². The van der Waals surface area contributed by atoms with E-state index in [0.717, 1.165) is 37.1 Å². The van der Waals surface area contributed by atoms with Crippen LogP contribution in [0, 0.1) is 5.82 Å². The lowest BCUT2D eigenvalue weighted by Crippen LogP contribution is -2.25. The zero-order valence-corrected chi connectivity index (χ0v) is 18.2. The molecule has 1 atom stereocenters. The molecule has 34 heavy (non-hydrogen) atoms. The molecular weight excluding hydrogens is 478 g/mol. The maximum atomic E-state index is 14.7. The minimum absolute atomic E-state index is 0.0658. The average molecular weight is 494 g/mol. The van der Waals surface area contributed by atoms with E-state index in [2.05, 4.69) is 20.3 Å². The van der Waals surface area contributed by atoms with Crippen LogP contribution in [0.25, 0.3) is 5.69 Å². The molecule has 1 aliphatic carbocycles. The van der Waals surface area contributed by atoms with Crippen molar-refractivity contribution in [2.24, 2.45) is 4.99 Å². The van der Waals surface area contributed by atoms with Crippen molar-refractivity contribution < 1.29 is 27.5 Å². The van der Waals surface area contributed by atoms with Gasteiger partial charge in [0.05, 0.1) is 22.0 Å². The molecule has 0 saturated heterocycles. The Balaban J connectivity index is 1.77. The van der Waals surface area contributed by atoms with Gasteiger partial charge >= 0.3 is 6.18 Å². The molecule has 0 radical (unpaired) electrons. The highest BCUT2D eigenvalue weighted by Crippen LogP contribution is 2.42. The number of hydrogen-bond donors (Lipinski definition) is 2. The van der Waals surface area contributed by atoms with Gasteiger partial charge in [0.15, 0.2) is 5.82 Å². The number of imidazole rings is 1. The van der Waals surface area contributed by atoms with Gasteiger partial charge in [0.25, 0.3) is 5.91 Å². The fourth-order valence-electron chi connectivity index (χ4n) is 3.78. The number of rotatable bonds is 3. The van der Waals surface area contributed by atoms with Crippen LogP contribution in [0.2, 0.25) is 5.02 Å². The Morgan fingerprint density at radius 3 is 2.62 bits per heavy atom. The number of alkyl halides is 3. The number of nitrogens with one attached hydrogen (secondary N) is 1. The van der Waals surface area contributed by atoms with Crippen molar-refractivity contribution in [3.8, 4) is 11.6 Å². The van der Waals surface area contributed by atoms with Crippen LogP contribution in [0.4, 0.5) is 17.6 Å². The van der Waals surface area contributed by atoms with Crippen LogP contribution in [-0.2, 0) is 6.18 Å². The smallest absolute Gasteiger partial charge is 0.417 e. The van der Waals surface area contributed by atoms with Crippen LogP contribution in [0.15, 0.2) is 35.5 Å². The monoisotopic (exact) mass is 493 g/mol. The first-order valence-electron chi connectivity index (χ1n) is 10.3. The number of aliphatic imine (C=N–C) groups is 1. The highest BCUT2D eigenvalue weighted by molar-refractivity contribution is 6.37. The van der Waals surface area contributed by atoms with Gasteiger partial charge in [0.1, 0.15) is 23.3 Å². The third-order valence-electron chi connectivity index (χ3n) is 5.55. The minimum Gasteiger partial charge on any atom is -0.493 e. The zero-order valence-electron chi connectivity index (χ0n) is 17.5. The summed E-state index contributed by atoms with van der Waals surface area (Å²) in [4.78, 5) is 25.1. The molecule has 1 amide bonds. The molecule has 2 N–H and O–H groups in total. The number of aromatic hydroxyl groups is 1. The van der Waals surface area contributed by atoms with Crippen molar-refractivity contribution in [2.45, 2.75) is 38.0 Å². The predicted octanol–water partition coefficient (Wildman–Crippen LogP) is 4.59. The lowest BCUT2D eigenvalue weighted by atomic mass is 10.00. The van der Waals surface area contributed by atoms with Crippen LogP contribution >= 0.6 is 11.6 Å². The molecule has 7 nitrogen and oxygen atoms in total. The summed E-state index contributed by atoms with van der Waals surface area (Å²) in [5.41, 5.74) is -1.96. The number of benzene rings is 1. The Hall–Kier alpha value is -3.47. The number of carbonyl (C=O) groups is 1. The van der Waals surface area contributed by atoms with E-state index in [9.17, 15) is 27.5 Å². The fraction of sp³-hybridized carbons (Fsp3) is 0.273. The number of nitrogens with zero attached hydrogens (tertiary/aromatic N) is 4. The molecule has 176 valence electrons. The first kappa shape index (κ1) is 22.3. The summed E-state index contributed by atoms with van der Waals surface area (Å²) in [5.74, 6) is -1.63. The maximum absolute atomic E-state index is 14.7. The second kappa shape index (κ2) is 7.79. The van der Waals surface area contributed by atoms with Crippen molar-refractivity contribution in [3.05, 3.63) is 69.6 Å². The van der Waals surface area contributed by atoms with Gasteiger partial charge in [-0.05, 0) is 38.0 Å². The summed E-state index contributed by atoms with van der Waals surface area (Å²) in [6.07, 6.45) is -1.68. The van der Waals surface area contributed by atoms with Gasteiger partial charge in [0.2, 0.25) is 5.88 Å². The summed E-state index contributed by atoms with van der Waals surface area (Å²) < 4.78 is 57.2. The zero-order chi connectivity index (χ0) is 24.4. The number of fused-ring (bicyclic) bond motifs is 3. The molecule has 0 spiro atoms. The van der Waals surface area contributed by atoms with E-state index in [4.69, 9.17) is 11.6 Å². The Bertz CT molecular complexity index is 1360. The van der Waals surface area contributed by atoms with E-state index in [-0.39, 0.29) is 34.5 Å². The van der Waals surface area contributed by atoms with E-state index in [1.165, 1.54) is 10.8 Å². The number of hydrogen-bond acceptors (Lipinski definition) is 5. The van der Waals surface area contributed by atoms with Gasteiger partial charge in [-0.25, -0.2) is 14.4 Å². The molecule has 5 rings (SSSR count). The standard InChI is InChI=1S/C22H16ClF4N5O2/c1-9-20-30-13(21(34)29-10-2-3-10)8-32(20)14-6-4-11(22(25,26)27)17(23)16(14)19(28-9)18-12(24)5-7-15(33)31-18/h4-10H,2-3H2,1H3,(H,29,34)(H,31,33)/t9-/m0/s1. The molecule has 12 heteroatoms. The van der Waals surface area contributed by atoms with Crippen LogP contribution in [0.1, 0.15) is 58.9 Å². The van der Waals surface area contributed by atoms with Crippen molar-refractivity contribution >= 4 is 23.2 Å². The molecule has 1 aromatic carbocycles. The number of amides is 1. The molecule has 0 bridgehead atoms. The van der Waals surface area contributed by atoms with Crippen molar-refractivity contribution in [2.75, 3.05) is 0 Å². The second-order valence-electron chi connectivity index (χ2n) is 8.07. The Labute approximate surface area is 195 Å². The summed E-state index contributed by atoms with van der Waals surface area (Å²) in [7, 11) is 0. The average Bonchev–Trinajstić information content (AvgIpc) is 3.48. The summed E-state index contributed by atoms with van der Waals surface area (Å²) in [5, 5.41) is 11.9. The molecule has 3 heterocycles. The topological polar surface area (TPSA) is 92.4 Å². The van der Waals surface area contributed by atoms with Crippen molar-refractivity contribution in [1.29, 1.82) is 0 Å². The summed E-state index contributed by atoms with van der Waals surface area (Å²) in [6.45, 7) is 1.59. The van der Waals surface area contributed by atoms with Crippen LogP contribution in [-0.4, -0.2) is 37.3 Å². The minimum atomic E-state index is -4.80. The summed E-state index contributed by atoms with van der Waals surface area (Å²) >= 11 is 6.25. The molecular formula is C22H16ClF4N5O2. The largest absolute Gasteiger partial charge is 0.493 e. The van der Waals surface area contributed by atoms with Crippen LogP contribution in [0.5, 0.6) is 5.88 Å². The fourth-order valence-corrected chi connectivity index (χ4v) is 4.14. The molecule has 2 aromatic heterocycles. The Morgan fingerprint density at radius 2 is 1.94 bits per heavy atom. The molecule has 1 aliphatic heterocycles. The second-order valence-corrected chi connectivity index (χ2v) is 8.45. The van der Waals surface area contributed by atoms with Gasteiger partial charge in [0, 0.05) is 23.9 Å². The summed E-state index contributed by atoms with van der Waals surface area (Å²) in [6, 6.07) is 3.14. The van der Waals surface area contributed by atoms with Gasteiger partial charge in [-0.2, -0.15) is 13.2 Å². The van der Waals surface area contributed by atoms with E-state index in [1.54, 1.807) is 6.92 Å². The van der Waals surface area contributed by atoms with Gasteiger partial charge in [-0.3, -0.25) is 9.79 Å². The number of carbonyl (C=O) groups excluding carboxylic acids is 1. The number of aromatic nitrogens is 3. The van der Waals surface area contributed by atoms with E-state index < -0.39 is 46.1 Å². The third-order valence-corrected chi connectivity index (χ3v) is 5.94. The van der Waals surface area contributed by atoms with E-state index >= 15 is 0 Å². The number of halogens is 5. The van der Waals surface area contributed by atoms with Crippen molar-refractivity contribution in [1.82, 2.24) is 19.9 Å². The molecule has 0 unspecified atom stereocenters.